The molecule has 1 fully saturated rings. The first-order chi connectivity index (χ1) is 15.1. The molecular formula is C26H24N4S. The third kappa shape index (κ3) is 3.51. The predicted octanol–water partition coefficient (Wildman–Crippen LogP) is 5.67. The molecule has 2 atom stereocenters. The Bertz CT molecular complexity index is 1220. The van der Waals surface area contributed by atoms with Crippen molar-refractivity contribution < 1.29 is 0 Å². The molecule has 3 heterocycles. The molecule has 0 amide bonds. The number of aromatic nitrogens is 2. The molecule has 0 spiro atoms. The van der Waals surface area contributed by atoms with Gasteiger partial charge in [-0.25, -0.2) is 0 Å². The molecular weight excluding hydrogens is 400 g/mol. The van der Waals surface area contributed by atoms with Gasteiger partial charge in [-0.1, -0.05) is 30.3 Å². The number of para-hydroxylation sites is 1. The fraction of sp³-hybridized carbons (Fsp3) is 0.154. The van der Waals surface area contributed by atoms with Crippen LogP contribution in [-0.2, 0) is 0 Å². The van der Waals surface area contributed by atoms with Gasteiger partial charge >= 0.3 is 0 Å². The van der Waals surface area contributed by atoms with E-state index in [1.165, 1.54) is 11.1 Å². The number of benzene rings is 2. The van der Waals surface area contributed by atoms with Crippen molar-refractivity contribution in [3.8, 4) is 5.69 Å². The molecule has 0 saturated carbocycles. The van der Waals surface area contributed by atoms with E-state index in [0.29, 0.717) is 5.11 Å². The Labute approximate surface area is 188 Å². The summed E-state index contributed by atoms with van der Waals surface area (Å²) in [7, 11) is 0. The summed E-state index contributed by atoms with van der Waals surface area (Å²) in [5.41, 5.74) is 6.87. The van der Waals surface area contributed by atoms with Crippen molar-refractivity contribution in [3.05, 3.63) is 114 Å². The van der Waals surface area contributed by atoms with Crippen LogP contribution in [0, 0.1) is 13.8 Å². The summed E-state index contributed by atoms with van der Waals surface area (Å²) in [6.45, 7) is 4.28. The second kappa shape index (κ2) is 8.00. The second-order valence-corrected chi connectivity index (χ2v) is 8.29. The molecule has 0 unspecified atom stereocenters. The average Bonchev–Trinajstić information content (AvgIpc) is 3.41. The standard InChI is InChI=1S/C26H24N4S/c1-18-13-14-21(17-19(18)2)30-25(24(28-26(30)31)22-11-6-7-15-27-22)23-12-8-16-29(23)20-9-4-3-5-10-20/h3-17,24-25H,1-2H3,(H,28,31)/t24-,25+/m1/s1. The quantitative estimate of drug-likeness (QED) is 0.428. The molecule has 0 bridgehead atoms. The molecule has 4 nitrogen and oxygen atoms in total. The van der Waals surface area contributed by atoms with Crippen molar-refractivity contribution in [1.29, 1.82) is 0 Å². The maximum absolute atomic E-state index is 5.86. The van der Waals surface area contributed by atoms with Crippen LogP contribution in [0.25, 0.3) is 5.69 Å². The molecule has 1 N–H and O–H groups in total. The maximum Gasteiger partial charge on any atom is 0.174 e. The molecule has 0 aliphatic carbocycles. The van der Waals surface area contributed by atoms with Crippen molar-refractivity contribution in [2.45, 2.75) is 25.9 Å². The zero-order chi connectivity index (χ0) is 21.4. The van der Waals surface area contributed by atoms with Crippen LogP contribution in [0.4, 0.5) is 5.69 Å². The van der Waals surface area contributed by atoms with Gasteiger partial charge in [0.2, 0.25) is 0 Å². The number of thiocarbonyl (C=S) groups is 1. The molecule has 0 radical (unpaired) electrons. The molecule has 1 aliphatic heterocycles. The van der Waals surface area contributed by atoms with Crippen LogP contribution in [0.3, 0.4) is 0 Å². The number of hydrogen-bond acceptors (Lipinski definition) is 2. The molecule has 1 aliphatic rings. The van der Waals surface area contributed by atoms with Gasteiger partial charge in [0, 0.05) is 29.5 Å². The van der Waals surface area contributed by atoms with Crippen molar-refractivity contribution >= 4 is 23.0 Å². The normalized spacial score (nSPS) is 18.3. The maximum atomic E-state index is 5.86. The fourth-order valence-electron chi connectivity index (χ4n) is 4.27. The number of pyridine rings is 1. The number of aryl methyl sites for hydroxylation is 2. The van der Waals surface area contributed by atoms with Gasteiger partial charge in [-0.05, 0) is 85.7 Å². The molecule has 154 valence electrons. The van der Waals surface area contributed by atoms with Gasteiger partial charge in [-0.15, -0.1) is 0 Å². The first-order valence-electron chi connectivity index (χ1n) is 10.4. The molecule has 5 rings (SSSR count). The van der Waals surface area contributed by atoms with Gasteiger partial charge in [-0.3, -0.25) is 4.98 Å². The summed E-state index contributed by atoms with van der Waals surface area (Å²) in [6, 6.07) is 27.1. The molecule has 1 saturated heterocycles. The minimum atomic E-state index is -0.0623. The van der Waals surface area contributed by atoms with E-state index in [2.05, 4.69) is 100 Å². The highest BCUT2D eigenvalue weighted by molar-refractivity contribution is 7.80. The predicted molar refractivity (Wildman–Crippen MR) is 130 cm³/mol. The van der Waals surface area contributed by atoms with Crippen molar-refractivity contribution in [2.75, 3.05) is 4.90 Å². The lowest BCUT2D eigenvalue weighted by Gasteiger charge is -2.29. The molecule has 5 heteroatoms. The van der Waals surface area contributed by atoms with E-state index in [1.54, 1.807) is 0 Å². The number of nitrogens with zero attached hydrogens (tertiary/aromatic N) is 3. The van der Waals surface area contributed by atoms with E-state index < -0.39 is 0 Å². The lowest BCUT2D eigenvalue weighted by molar-refractivity contribution is 0.549. The lowest BCUT2D eigenvalue weighted by Crippen LogP contribution is -2.30. The van der Waals surface area contributed by atoms with E-state index in [9.17, 15) is 0 Å². The number of rotatable bonds is 4. The first kappa shape index (κ1) is 19.5. The van der Waals surface area contributed by atoms with Crippen LogP contribution >= 0.6 is 12.2 Å². The Hall–Kier alpha value is -3.44. The fourth-order valence-corrected chi connectivity index (χ4v) is 4.61. The molecule has 2 aromatic heterocycles. The number of anilines is 1. The van der Waals surface area contributed by atoms with Gasteiger partial charge in [0.15, 0.2) is 5.11 Å². The third-order valence-corrected chi connectivity index (χ3v) is 6.30. The van der Waals surface area contributed by atoms with Gasteiger partial charge in [0.1, 0.15) is 6.04 Å². The van der Waals surface area contributed by atoms with E-state index in [1.807, 2.05) is 24.4 Å². The molecule has 31 heavy (non-hydrogen) atoms. The van der Waals surface area contributed by atoms with E-state index in [4.69, 9.17) is 12.2 Å². The summed E-state index contributed by atoms with van der Waals surface area (Å²) in [6.07, 6.45) is 3.95. The number of hydrogen-bond donors (Lipinski definition) is 1. The van der Waals surface area contributed by atoms with Crippen LogP contribution in [0.15, 0.2) is 91.3 Å². The summed E-state index contributed by atoms with van der Waals surface area (Å²) in [5, 5.41) is 4.26. The van der Waals surface area contributed by atoms with Crippen molar-refractivity contribution in [1.82, 2.24) is 14.9 Å². The minimum Gasteiger partial charge on any atom is -0.351 e. The van der Waals surface area contributed by atoms with Gasteiger partial charge in [0.05, 0.1) is 11.7 Å². The second-order valence-electron chi connectivity index (χ2n) is 7.90. The summed E-state index contributed by atoms with van der Waals surface area (Å²) in [5.74, 6) is 0. The first-order valence-corrected chi connectivity index (χ1v) is 10.8. The topological polar surface area (TPSA) is 33.1 Å². The third-order valence-electron chi connectivity index (χ3n) is 5.98. The van der Waals surface area contributed by atoms with Crippen LogP contribution < -0.4 is 10.2 Å². The average molecular weight is 425 g/mol. The van der Waals surface area contributed by atoms with E-state index >= 15 is 0 Å². The summed E-state index contributed by atoms with van der Waals surface area (Å²) in [4.78, 5) is 6.89. The Morgan fingerprint density at radius 3 is 2.39 bits per heavy atom. The SMILES string of the molecule is Cc1ccc(N2C(=S)N[C@H](c3ccccn3)[C@@H]2c2cccn2-c2ccccc2)cc1C. The van der Waals surface area contributed by atoms with Crippen LogP contribution in [0.2, 0.25) is 0 Å². The highest BCUT2D eigenvalue weighted by Gasteiger charge is 2.42. The van der Waals surface area contributed by atoms with E-state index in [0.717, 1.165) is 22.8 Å². The van der Waals surface area contributed by atoms with E-state index in [-0.39, 0.29) is 12.1 Å². The Morgan fingerprint density at radius 1 is 0.839 bits per heavy atom. The van der Waals surface area contributed by atoms with Crippen molar-refractivity contribution in [3.63, 3.8) is 0 Å². The molecule has 2 aromatic carbocycles. The van der Waals surface area contributed by atoms with Crippen LogP contribution in [0.1, 0.15) is 34.6 Å². The van der Waals surface area contributed by atoms with Crippen LogP contribution in [0.5, 0.6) is 0 Å². The minimum absolute atomic E-state index is 0.0419. The van der Waals surface area contributed by atoms with Gasteiger partial charge in [-0.2, -0.15) is 0 Å². The van der Waals surface area contributed by atoms with Gasteiger partial charge in [0.25, 0.3) is 0 Å². The zero-order valence-corrected chi connectivity index (χ0v) is 18.4. The Balaban J connectivity index is 1.68. The largest absolute Gasteiger partial charge is 0.351 e. The lowest BCUT2D eigenvalue weighted by atomic mass is 10.00. The summed E-state index contributed by atoms with van der Waals surface area (Å²) >= 11 is 5.86. The smallest absolute Gasteiger partial charge is 0.174 e. The van der Waals surface area contributed by atoms with Crippen LogP contribution in [-0.4, -0.2) is 14.7 Å². The highest BCUT2D eigenvalue weighted by atomic mass is 32.1. The monoisotopic (exact) mass is 424 g/mol. The van der Waals surface area contributed by atoms with Crippen molar-refractivity contribution in [2.24, 2.45) is 0 Å². The number of nitrogens with one attached hydrogen (secondary N) is 1. The molecule has 4 aromatic rings. The highest BCUT2D eigenvalue weighted by Crippen LogP contribution is 2.42. The van der Waals surface area contributed by atoms with Gasteiger partial charge < -0.3 is 14.8 Å². The Kier molecular flexibility index (Phi) is 5.04. The zero-order valence-electron chi connectivity index (χ0n) is 17.6. The summed E-state index contributed by atoms with van der Waals surface area (Å²) < 4.78 is 2.24. The Morgan fingerprint density at radius 2 is 1.65 bits per heavy atom.